The van der Waals surface area contributed by atoms with Crippen molar-refractivity contribution in [1.29, 1.82) is 5.26 Å². The summed E-state index contributed by atoms with van der Waals surface area (Å²) in [7, 11) is 0. The monoisotopic (exact) mass is 343 g/mol. The van der Waals surface area contributed by atoms with Crippen molar-refractivity contribution in [2.24, 2.45) is 0 Å². The summed E-state index contributed by atoms with van der Waals surface area (Å²) < 4.78 is 18.3. The van der Waals surface area contributed by atoms with Crippen molar-refractivity contribution in [2.45, 2.75) is 0 Å². The van der Waals surface area contributed by atoms with Crippen LogP contribution in [0.1, 0.15) is 5.82 Å². The van der Waals surface area contributed by atoms with Gasteiger partial charge >= 0.3 is 0 Å². The molecule has 0 amide bonds. The molecule has 1 aromatic heterocycles. The lowest BCUT2D eigenvalue weighted by atomic mass is 10.2. The van der Waals surface area contributed by atoms with Crippen LogP contribution < -0.4 is 4.74 Å². The molecular weight excluding hydrogens is 333 g/mol. The number of allylic oxidation sites excluding steroid dienone is 1. The zero-order valence-electron chi connectivity index (χ0n) is 12.3. The van der Waals surface area contributed by atoms with Gasteiger partial charge in [-0.3, -0.25) is 0 Å². The van der Waals surface area contributed by atoms with Crippen molar-refractivity contribution in [3.63, 3.8) is 0 Å². The summed E-state index contributed by atoms with van der Waals surface area (Å²) in [6.07, 6.45) is 0. The zero-order valence-corrected chi connectivity index (χ0v) is 13.0. The molecule has 5 nitrogen and oxygen atoms in total. The van der Waals surface area contributed by atoms with Crippen LogP contribution in [0.25, 0.3) is 16.6 Å². The predicted octanol–water partition coefficient (Wildman–Crippen LogP) is 4.23. The van der Waals surface area contributed by atoms with E-state index in [0.717, 1.165) is 11.6 Å². The van der Waals surface area contributed by atoms with Crippen molar-refractivity contribution >= 4 is 28.2 Å². The third-order valence-electron chi connectivity index (χ3n) is 3.28. The highest BCUT2D eigenvalue weighted by atomic mass is 35.5. The number of nitriles is 1. The van der Waals surface area contributed by atoms with E-state index in [2.05, 4.69) is 9.97 Å². The van der Waals surface area contributed by atoms with Crippen LogP contribution in [0.3, 0.4) is 0 Å². The molecule has 2 aromatic carbocycles. The molecule has 1 heterocycles. The molecule has 3 rings (SSSR count). The molecule has 0 atom stereocenters. The Labute approximate surface area is 141 Å². The summed E-state index contributed by atoms with van der Waals surface area (Å²) >= 11 is 5.85. The van der Waals surface area contributed by atoms with Crippen molar-refractivity contribution < 1.29 is 14.2 Å². The fourth-order valence-electron chi connectivity index (χ4n) is 2.14. The van der Waals surface area contributed by atoms with Crippen LogP contribution in [0, 0.1) is 17.1 Å². The largest absolute Gasteiger partial charge is 0.507 e. The van der Waals surface area contributed by atoms with Gasteiger partial charge in [0, 0.05) is 0 Å². The van der Waals surface area contributed by atoms with Crippen molar-refractivity contribution in [2.75, 3.05) is 6.61 Å². The normalized spacial score (nSPS) is 11.9. The maximum absolute atomic E-state index is 13.0. The van der Waals surface area contributed by atoms with Gasteiger partial charge in [-0.1, -0.05) is 23.7 Å². The van der Waals surface area contributed by atoms with Crippen molar-refractivity contribution in [3.8, 4) is 11.8 Å². The minimum Gasteiger partial charge on any atom is -0.507 e. The Morgan fingerprint density at radius 1 is 1.33 bits per heavy atom. The highest BCUT2D eigenvalue weighted by Crippen LogP contribution is 2.26. The second kappa shape index (κ2) is 6.60. The number of hydrogen-bond donors (Lipinski definition) is 2. The number of benzene rings is 2. The first-order valence-corrected chi connectivity index (χ1v) is 7.31. The van der Waals surface area contributed by atoms with Gasteiger partial charge in [0.15, 0.2) is 11.6 Å². The zero-order chi connectivity index (χ0) is 17.1. The Balaban J connectivity index is 1.86. The number of rotatable bonds is 4. The quantitative estimate of drug-likeness (QED) is 0.548. The first-order chi connectivity index (χ1) is 11.6. The molecule has 0 fully saturated rings. The Hall–Kier alpha value is -3.04. The molecule has 0 bridgehead atoms. The van der Waals surface area contributed by atoms with Crippen LogP contribution in [0.2, 0.25) is 5.02 Å². The molecule has 0 aliphatic heterocycles. The summed E-state index contributed by atoms with van der Waals surface area (Å²) in [5, 5.41) is 19.5. The molecule has 0 aliphatic carbocycles. The minimum absolute atomic E-state index is 0.0376. The molecule has 0 aliphatic rings. The van der Waals surface area contributed by atoms with Crippen LogP contribution in [0.5, 0.6) is 5.75 Å². The first-order valence-electron chi connectivity index (χ1n) is 6.93. The number of nitrogens with one attached hydrogen (secondary N) is 1. The predicted molar refractivity (Wildman–Crippen MR) is 88.2 cm³/mol. The molecule has 2 N–H and O–H groups in total. The number of halogens is 2. The molecule has 0 saturated heterocycles. The average Bonchev–Trinajstić information content (AvgIpc) is 2.98. The Bertz CT molecular complexity index is 942. The Morgan fingerprint density at radius 2 is 2.12 bits per heavy atom. The molecular formula is C17H11ClFN3O2. The van der Waals surface area contributed by atoms with Gasteiger partial charge in [-0.15, -0.1) is 0 Å². The van der Waals surface area contributed by atoms with Crippen LogP contribution >= 0.6 is 11.6 Å². The van der Waals surface area contributed by atoms with Crippen LogP contribution in [0.15, 0.2) is 48.2 Å². The van der Waals surface area contributed by atoms with Crippen LogP contribution in [-0.4, -0.2) is 21.7 Å². The molecule has 0 saturated carbocycles. The maximum Gasteiger partial charge on any atom is 0.152 e. The summed E-state index contributed by atoms with van der Waals surface area (Å²) in [6, 6.07) is 12.8. The topological polar surface area (TPSA) is 81.9 Å². The lowest BCUT2D eigenvalue weighted by molar-refractivity contribution is 0.272. The fraction of sp³-hybridized carbons (Fsp3) is 0.0588. The summed E-state index contributed by atoms with van der Waals surface area (Å²) in [5.41, 5.74) is 1.38. The molecule has 0 radical (unpaired) electrons. The second-order valence-electron chi connectivity index (χ2n) is 4.90. The lowest BCUT2D eigenvalue weighted by Crippen LogP contribution is -2.04. The highest BCUT2D eigenvalue weighted by Gasteiger charge is 2.14. The van der Waals surface area contributed by atoms with E-state index in [1.807, 2.05) is 24.3 Å². The molecule has 3 aromatic rings. The average molecular weight is 344 g/mol. The molecule has 7 heteroatoms. The van der Waals surface area contributed by atoms with Gasteiger partial charge in [-0.25, -0.2) is 9.37 Å². The van der Waals surface area contributed by atoms with E-state index >= 15 is 0 Å². The van der Waals surface area contributed by atoms with Gasteiger partial charge in [0.1, 0.15) is 29.8 Å². The third-order valence-corrected chi connectivity index (χ3v) is 3.58. The van der Waals surface area contributed by atoms with Gasteiger partial charge in [-0.05, 0) is 30.3 Å². The minimum atomic E-state index is -0.493. The van der Waals surface area contributed by atoms with Gasteiger partial charge in [0.05, 0.1) is 16.1 Å². The highest BCUT2D eigenvalue weighted by molar-refractivity contribution is 6.32. The van der Waals surface area contributed by atoms with E-state index in [0.29, 0.717) is 5.52 Å². The van der Waals surface area contributed by atoms with E-state index in [1.54, 1.807) is 6.07 Å². The number of imidazole rings is 1. The smallest absolute Gasteiger partial charge is 0.152 e. The Kier molecular flexibility index (Phi) is 4.36. The maximum atomic E-state index is 13.0. The van der Waals surface area contributed by atoms with E-state index < -0.39 is 5.82 Å². The molecule has 24 heavy (non-hydrogen) atoms. The number of hydrogen-bond acceptors (Lipinski definition) is 4. The number of H-pyrrole nitrogens is 1. The fourth-order valence-corrected chi connectivity index (χ4v) is 2.36. The number of aromatic nitrogens is 2. The van der Waals surface area contributed by atoms with Crippen LogP contribution in [-0.2, 0) is 0 Å². The number of ether oxygens (including phenoxy) is 1. The third kappa shape index (κ3) is 3.16. The van der Waals surface area contributed by atoms with E-state index in [9.17, 15) is 14.8 Å². The summed E-state index contributed by atoms with van der Waals surface area (Å²) in [4.78, 5) is 7.22. The molecule has 0 spiro atoms. The van der Waals surface area contributed by atoms with Crippen LogP contribution in [0.4, 0.5) is 4.39 Å². The van der Waals surface area contributed by atoms with Gasteiger partial charge in [-0.2, -0.15) is 5.26 Å². The lowest BCUT2D eigenvalue weighted by Gasteiger charge is -2.08. The molecule has 0 unspecified atom stereocenters. The van der Waals surface area contributed by atoms with E-state index in [-0.39, 0.29) is 34.5 Å². The van der Waals surface area contributed by atoms with Gasteiger partial charge < -0.3 is 14.8 Å². The number of fused-ring (bicyclic) bond motifs is 1. The summed E-state index contributed by atoms with van der Waals surface area (Å²) in [6.45, 7) is -0.300. The van der Waals surface area contributed by atoms with Crippen molar-refractivity contribution in [3.05, 3.63) is 64.9 Å². The number of nitrogens with zero attached hydrogens (tertiary/aromatic N) is 2. The number of para-hydroxylation sites is 2. The molecule has 120 valence electrons. The first kappa shape index (κ1) is 15.8. The Morgan fingerprint density at radius 3 is 2.83 bits per heavy atom. The number of aliphatic hydroxyl groups is 1. The van der Waals surface area contributed by atoms with Crippen molar-refractivity contribution in [1.82, 2.24) is 9.97 Å². The van der Waals surface area contributed by atoms with Gasteiger partial charge in [0.25, 0.3) is 0 Å². The summed E-state index contributed by atoms with van der Waals surface area (Å²) in [5.74, 6) is -0.361. The second-order valence-corrected chi connectivity index (χ2v) is 5.31. The van der Waals surface area contributed by atoms with E-state index in [1.165, 1.54) is 12.1 Å². The SMILES string of the molecule is N#C/C(=C(/O)COc1ccc(F)cc1Cl)c1nc2ccccc2[nH]1. The standard InChI is InChI=1S/C17H11ClFN3O2/c18-12-7-10(19)5-6-16(12)24-9-15(23)11(8-20)17-21-13-3-1-2-4-14(13)22-17/h1-7,23H,9H2,(H,21,22)/b15-11-. The van der Waals surface area contributed by atoms with Gasteiger partial charge in [0.2, 0.25) is 0 Å². The number of aliphatic hydroxyl groups excluding tert-OH is 1. The van der Waals surface area contributed by atoms with E-state index in [4.69, 9.17) is 16.3 Å². The number of aromatic amines is 1.